The summed E-state index contributed by atoms with van der Waals surface area (Å²) in [6.45, 7) is 0.574. The molecule has 0 aliphatic carbocycles. The molecule has 25 heavy (non-hydrogen) atoms. The van der Waals surface area contributed by atoms with Gasteiger partial charge >= 0.3 is 0 Å². The summed E-state index contributed by atoms with van der Waals surface area (Å²) in [5, 5.41) is 5.83. The average Bonchev–Trinajstić information content (AvgIpc) is 2.97. The Morgan fingerprint density at radius 1 is 0.720 bits per heavy atom. The first-order chi connectivity index (χ1) is 12.2. The molecule has 0 fully saturated rings. The van der Waals surface area contributed by atoms with E-state index in [1.807, 2.05) is 28.9 Å². The van der Waals surface area contributed by atoms with E-state index in [9.17, 15) is 8.78 Å². The summed E-state index contributed by atoms with van der Waals surface area (Å²) in [5.41, 5.74) is 3.98. The fraction of sp³-hybridized carbons (Fsp3) is 0.0952. The molecule has 0 unspecified atom stereocenters. The lowest BCUT2D eigenvalue weighted by Gasteiger charge is -2.03. The van der Waals surface area contributed by atoms with Crippen molar-refractivity contribution >= 4 is 10.9 Å². The molecule has 1 aromatic heterocycles. The van der Waals surface area contributed by atoms with Gasteiger partial charge in [0.25, 0.3) is 0 Å². The summed E-state index contributed by atoms with van der Waals surface area (Å²) in [4.78, 5) is 0. The molecular weight excluding hydrogens is 318 g/mol. The van der Waals surface area contributed by atoms with Gasteiger partial charge in [0.2, 0.25) is 0 Å². The van der Waals surface area contributed by atoms with Crippen molar-refractivity contribution in [1.29, 1.82) is 0 Å². The number of benzene rings is 3. The smallest absolute Gasteiger partial charge is 0.123 e. The van der Waals surface area contributed by atoms with Gasteiger partial charge in [-0.1, -0.05) is 42.5 Å². The van der Waals surface area contributed by atoms with E-state index in [4.69, 9.17) is 5.10 Å². The largest absolute Gasteiger partial charge is 0.260 e. The van der Waals surface area contributed by atoms with E-state index in [0.29, 0.717) is 13.0 Å². The van der Waals surface area contributed by atoms with Gasteiger partial charge in [0, 0.05) is 11.8 Å². The van der Waals surface area contributed by atoms with Gasteiger partial charge < -0.3 is 0 Å². The second kappa shape index (κ2) is 6.48. The van der Waals surface area contributed by atoms with Crippen LogP contribution in [0.5, 0.6) is 0 Å². The molecule has 3 aromatic carbocycles. The van der Waals surface area contributed by atoms with Crippen LogP contribution in [0.2, 0.25) is 0 Å². The summed E-state index contributed by atoms with van der Waals surface area (Å²) < 4.78 is 28.1. The molecule has 0 N–H and O–H groups in total. The molecule has 4 aromatic rings. The highest BCUT2D eigenvalue weighted by Gasteiger charge is 2.11. The monoisotopic (exact) mass is 334 g/mol. The van der Waals surface area contributed by atoms with Gasteiger partial charge in [-0.3, -0.25) is 4.68 Å². The molecule has 0 radical (unpaired) electrons. The van der Waals surface area contributed by atoms with Crippen LogP contribution >= 0.6 is 0 Å². The zero-order valence-corrected chi connectivity index (χ0v) is 13.5. The maximum atomic E-state index is 13.1. The van der Waals surface area contributed by atoms with Crippen molar-refractivity contribution in [2.75, 3.05) is 0 Å². The minimum atomic E-state index is -0.244. The SMILES string of the molecule is Fc1ccc(Cc2nn(Cc3ccc(F)cc3)c3ccccc23)cc1. The highest BCUT2D eigenvalue weighted by Crippen LogP contribution is 2.22. The standard InChI is InChI=1S/C21H16F2N2/c22-17-9-5-15(6-10-17)13-20-19-3-1-2-4-21(19)25(24-20)14-16-7-11-18(23)12-8-16/h1-12H,13-14H2. The van der Waals surface area contributed by atoms with Gasteiger partial charge in [0.15, 0.2) is 0 Å². The normalized spacial score (nSPS) is 11.1. The van der Waals surface area contributed by atoms with Crippen LogP contribution in [0.1, 0.15) is 16.8 Å². The predicted molar refractivity (Wildman–Crippen MR) is 94.4 cm³/mol. The van der Waals surface area contributed by atoms with Crippen molar-refractivity contribution in [2.24, 2.45) is 0 Å². The highest BCUT2D eigenvalue weighted by molar-refractivity contribution is 5.82. The maximum Gasteiger partial charge on any atom is 0.123 e. The summed E-state index contributed by atoms with van der Waals surface area (Å²) >= 11 is 0. The third-order valence-corrected chi connectivity index (χ3v) is 4.26. The van der Waals surface area contributed by atoms with Gasteiger partial charge in [-0.2, -0.15) is 5.10 Å². The summed E-state index contributed by atoms with van der Waals surface area (Å²) in [6, 6.07) is 21.0. The molecule has 0 amide bonds. The zero-order valence-electron chi connectivity index (χ0n) is 13.5. The summed E-state index contributed by atoms with van der Waals surface area (Å²) in [7, 11) is 0. The van der Waals surface area contributed by atoms with Crippen molar-refractivity contribution in [3.63, 3.8) is 0 Å². The molecular formula is C21H16F2N2. The Labute approximate surface area is 144 Å². The van der Waals surface area contributed by atoms with Gasteiger partial charge in [0.05, 0.1) is 17.8 Å². The van der Waals surface area contributed by atoms with E-state index < -0.39 is 0 Å². The average molecular weight is 334 g/mol. The minimum Gasteiger partial charge on any atom is -0.260 e. The first kappa shape index (κ1) is 15.5. The molecule has 1 heterocycles. The van der Waals surface area contributed by atoms with Crippen LogP contribution < -0.4 is 0 Å². The van der Waals surface area contributed by atoms with Crippen molar-refractivity contribution in [3.8, 4) is 0 Å². The number of aromatic nitrogens is 2. The predicted octanol–water partition coefficient (Wildman–Crippen LogP) is 4.95. The zero-order chi connectivity index (χ0) is 17.2. The molecule has 124 valence electrons. The highest BCUT2D eigenvalue weighted by atomic mass is 19.1. The van der Waals surface area contributed by atoms with Crippen LogP contribution in [0.15, 0.2) is 72.8 Å². The van der Waals surface area contributed by atoms with Crippen molar-refractivity contribution in [3.05, 3.63) is 101 Å². The van der Waals surface area contributed by atoms with Crippen LogP contribution in [0.25, 0.3) is 10.9 Å². The number of nitrogens with zero attached hydrogens (tertiary/aromatic N) is 2. The Morgan fingerprint density at radius 2 is 1.32 bits per heavy atom. The van der Waals surface area contributed by atoms with Crippen molar-refractivity contribution in [2.45, 2.75) is 13.0 Å². The van der Waals surface area contributed by atoms with Crippen LogP contribution in [-0.4, -0.2) is 9.78 Å². The number of fused-ring (bicyclic) bond motifs is 1. The van der Waals surface area contributed by atoms with E-state index in [0.717, 1.165) is 27.7 Å². The molecule has 0 saturated carbocycles. The van der Waals surface area contributed by atoms with Crippen molar-refractivity contribution in [1.82, 2.24) is 9.78 Å². The van der Waals surface area contributed by atoms with E-state index in [1.165, 1.54) is 24.3 Å². The maximum absolute atomic E-state index is 13.1. The fourth-order valence-corrected chi connectivity index (χ4v) is 3.01. The number of halogens is 2. The Bertz CT molecular complexity index is 921. The van der Waals surface area contributed by atoms with E-state index >= 15 is 0 Å². The topological polar surface area (TPSA) is 17.8 Å². The molecule has 4 rings (SSSR count). The molecule has 0 bridgehead atoms. The van der Waals surface area contributed by atoms with E-state index in [-0.39, 0.29) is 11.6 Å². The Morgan fingerprint density at radius 3 is 2.00 bits per heavy atom. The van der Waals surface area contributed by atoms with E-state index in [1.54, 1.807) is 24.3 Å². The van der Waals surface area contributed by atoms with Crippen molar-refractivity contribution < 1.29 is 8.78 Å². The molecule has 0 aliphatic rings. The number of rotatable bonds is 4. The fourth-order valence-electron chi connectivity index (χ4n) is 3.01. The molecule has 0 aliphatic heterocycles. The molecule has 4 heteroatoms. The Balaban J connectivity index is 1.70. The lowest BCUT2D eigenvalue weighted by molar-refractivity contribution is 0.625. The second-order valence-electron chi connectivity index (χ2n) is 6.05. The van der Waals surface area contributed by atoms with Gasteiger partial charge in [-0.15, -0.1) is 0 Å². The van der Waals surface area contributed by atoms with Crippen LogP contribution in [0, 0.1) is 11.6 Å². The van der Waals surface area contributed by atoms with Crippen LogP contribution in [0.4, 0.5) is 8.78 Å². The summed E-state index contributed by atoms with van der Waals surface area (Å²) in [5.74, 6) is -0.485. The first-order valence-corrected chi connectivity index (χ1v) is 8.12. The number of hydrogen-bond donors (Lipinski definition) is 0. The van der Waals surface area contributed by atoms with E-state index in [2.05, 4.69) is 0 Å². The Hall–Kier alpha value is -3.01. The minimum absolute atomic E-state index is 0.240. The molecule has 0 saturated heterocycles. The number of para-hydroxylation sites is 1. The Kier molecular flexibility index (Phi) is 4.02. The molecule has 0 spiro atoms. The lowest BCUT2D eigenvalue weighted by atomic mass is 10.1. The third kappa shape index (κ3) is 3.29. The lowest BCUT2D eigenvalue weighted by Crippen LogP contribution is -2.02. The van der Waals surface area contributed by atoms with Gasteiger partial charge in [-0.25, -0.2) is 8.78 Å². The molecule has 0 atom stereocenters. The van der Waals surface area contributed by atoms with Crippen LogP contribution in [-0.2, 0) is 13.0 Å². The third-order valence-electron chi connectivity index (χ3n) is 4.26. The quantitative estimate of drug-likeness (QED) is 0.516. The van der Waals surface area contributed by atoms with Crippen LogP contribution in [0.3, 0.4) is 0 Å². The second-order valence-corrected chi connectivity index (χ2v) is 6.05. The summed E-state index contributed by atoms with van der Waals surface area (Å²) in [6.07, 6.45) is 0.636. The van der Waals surface area contributed by atoms with Gasteiger partial charge in [-0.05, 0) is 41.5 Å². The first-order valence-electron chi connectivity index (χ1n) is 8.12. The molecule has 2 nitrogen and oxygen atoms in total. The number of hydrogen-bond acceptors (Lipinski definition) is 1. The van der Waals surface area contributed by atoms with Gasteiger partial charge in [0.1, 0.15) is 11.6 Å².